The quantitative estimate of drug-likeness (QED) is 0.765. The van der Waals surface area contributed by atoms with Gasteiger partial charge in [-0.05, 0) is 12.5 Å². The smallest absolute Gasteiger partial charge is 0.126 e. The maximum atomic E-state index is 8.59. The maximum absolute atomic E-state index is 8.59. The van der Waals surface area contributed by atoms with Crippen molar-refractivity contribution >= 4 is 6.08 Å². The van der Waals surface area contributed by atoms with Crippen LogP contribution < -0.4 is 4.74 Å². The number of aliphatic hydroxyl groups is 1. The fraction of sp³-hybridized carbons (Fsp3) is 0.273. The van der Waals surface area contributed by atoms with Gasteiger partial charge in [-0.1, -0.05) is 30.4 Å². The van der Waals surface area contributed by atoms with E-state index in [0.29, 0.717) is 6.42 Å². The molecule has 0 aromatic heterocycles. The number of para-hydroxylation sites is 1. The summed E-state index contributed by atoms with van der Waals surface area (Å²) in [5.41, 5.74) is 1.04. The summed E-state index contributed by atoms with van der Waals surface area (Å²) in [6.07, 6.45) is 4.56. The number of methoxy groups -OCH3 is 1. The number of ether oxygens (including phenoxy) is 1. The zero-order valence-electron chi connectivity index (χ0n) is 7.73. The number of benzene rings is 1. The van der Waals surface area contributed by atoms with E-state index < -0.39 is 0 Å². The molecule has 0 saturated heterocycles. The van der Waals surface area contributed by atoms with E-state index in [2.05, 4.69) is 0 Å². The fourth-order valence-corrected chi connectivity index (χ4v) is 1.09. The van der Waals surface area contributed by atoms with Crippen LogP contribution in [0, 0.1) is 0 Å². The monoisotopic (exact) mass is 178 g/mol. The summed E-state index contributed by atoms with van der Waals surface area (Å²) in [7, 11) is 1.65. The van der Waals surface area contributed by atoms with Crippen LogP contribution in [0.2, 0.25) is 0 Å². The normalized spacial score (nSPS) is 10.6. The van der Waals surface area contributed by atoms with Crippen molar-refractivity contribution in [1.29, 1.82) is 0 Å². The van der Waals surface area contributed by atoms with E-state index in [1.807, 2.05) is 36.4 Å². The molecule has 1 aromatic carbocycles. The molecule has 0 aliphatic carbocycles. The minimum Gasteiger partial charge on any atom is -0.496 e. The summed E-state index contributed by atoms with van der Waals surface area (Å²) in [4.78, 5) is 0. The molecule has 0 amide bonds. The molecule has 2 heteroatoms. The van der Waals surface area contributed by atoms with Gasteiger partial charge in [-0.3, -0.25) is 0 Å². The van der Waals surface area contributed by atoms with Crippen molar-refractivity contribution in [1.82, 2.24) is 0 Å². The Bertz CT molecular complexity index is 279. The summed E-state index contributed by atoms with van der Waals surface area (Å²) in [5, 5.41) is 8.59. The van der Waals surface area contributed by atoms with Crippen molar-refractivity contribution in [2.45, 2.75) is 6.42 Å². The molecular weight excluding hydrogens is 164 g/mol. The molecule has 70 valence electrons. The van der Waals surface area contributed by atoms with Gasteiger partial charge < -0.3 is 9.84 Å². The minimum atomic E-state index is 0.186. The van der Waals surface area contributed by atoms with Gasteiger partial charge in [-0.15, -0.1) is 0 Å². The highest BCUT2D eigenvalue weighted by molar-refractivity contribution is 5.56. The Morgan fingerprint density at radius 2 is 2.15 bits per heavy atom. The molecule has 0 aliphatic heterocycles. The Labute approximate surface area is 78.5 Å². The van der Waals surface area contributed by atoms with Crippen molar-refractivity contribution in [3.8, 4) is 5.75 Å². The number of hydrogen-bond acceptors (Lipinski definition) is 2. The summed E-state index contributed by atoms with van der Waals surface area (Å²) in [6, 6.07) is 7.79. The van der Waals surface area contributed by atoms with Gasteiger partial charge in [0.25, 0.3) is 0 Å². The third kappa shape index (κ3) is 2.92. The Hall–Kier alpha value is -1.28. The first-order valence-corrected chi connectivity index (χ1v) is 4.29. The molecule has 2 nitrogen and oxygen atoms in total. The van der Waals surface area contributed by atoms with Gasteiger partial charge in [0.1, 0.15) is 5.75 Å². The lowest BCUT2D eigenvalue weighted by Gasteiger charge is -2.02. The molecule has 1 N–H and O–H groups in total. The molecule has 13 heavy (non-hydrogen) atoms. The summed E-state index contributed by atoms with van der Waals surface area (Å²) >= 11 is 0. The highest BCUT2D eigenvalue weighted by Gasteiger charge is 1.95. The molecule has 1 aromatic rings. The summed E-state index contributed by atoms with van der Waals surface area (Å²) in [5.74, 6) is 0.858. The summed E-state index contributed by atoms with van der Waals surface area (Å²) < 4.78 is 5.16. The van der Waals surface area contributed by atoms with E-state index >= 15 is 0 Å². The number of aliphatic hydroxyl groups excluding tert-OH is 1. The van der Waals surface area contributed by atoms with Crippen molar-refractivity contribution in [2.75, 3.05) is 13.7 Å². The van der Waals surface area contributed by atoms with E-state index in [1.54, 1.807) is 7.11 Å². The Kier molecular flexibility index (Phi) is 4.06. The van der Waals surface area contributed by atoms with Gasteiger partial charge in [-0.25, -0.2) is 0 Å². The molecule has 0 heterocycles. The van der Waals surface area contributed by atoms with Crippen LogP contribution in [-0.4, -0.2) is 18.8 Å². The van der Waals surface area contributed by atoms with E-state index in [-0.39, 0.29) is 6.61 Å². The molecule has 0 saturated carbocycles. The molecule has 0 spiro atoms. The van der Waals surface area contributed by atoms with Crippen molar-refractivity contribution < 1.29 is 9.84 Å². The lowest BCUT2D eigenvalue weighted by Crippen LogP contribution is -1.85. The van der Waals surface area contributed by atoms with Gasteiger partial charge >= 0.3 is 0 Å². The van der Waals surface area contributed by atoms with Crippen LogP contribution in [0.3, 0.4) is 0 Å². The SMILES string of the molecule is COc1ccccc1C=CCCO. The van der Waals surface area contributed by atoms with E-state index in [9.17, 15) is 0 Å². The molecule has 1 rings (SSSR count). The van der Waals surface area contributed by atoms with Gasteiger partial charge in [0, 0.05) is 12.2 Å². The van der Waals surface area contributed by atoms with Gasteiger partial charge in [-0.2, -0.15) is 0 Å². The highest BCUT2D eigenvalue weighted by atomic mass is 16.5. The summed E-state index contributed by atoms with van der Waals surface area (Å²) in [6.45, 7) is 0.186. The first kappa shape index (κ1) is 9.81. The third-order valence-electron chi connectivity index (χ3n) is 1.73. The van der Waals surface area contributed by atoms with Crippen LogP contribution in [0.5, 0.6) is 5.75 Å². The van der Waals surface area contributed by atoms with Crippen molar-refractivity contribution in [3.05, 3.63) is 35.9 Å². The lowest BCUT2D eigenvalue weighted by molar-refractivity contribution is 0.303. The number of hydrogen-bond donors (Lipinski definition) is 1. The van der Waals surface area contributed by atoms with Crippen LogP contribution in [0.15, 0.2) is 30.3 Å². The second kappa shape index (κ2) is 5.38. The molecule has 0 radical (unpaired) electrons. The average Bonchev–Trinajstić information content (AvgIpc) is 2.19. The van der Waals surface area contributed by atoms with Crippen LogP contribution in [-0.2, 0) is 0 Å². The molecule has 0 aliphatic rings. The topological polar surface area (TPSA) is 29.5 Å². The predicted molar refractivity (Wildman–Crippen MR) is 53.7 cm³/mol. The van der Waals surface area contributed by atoms with E-state index in [0.717, 1.165) is 11.3 Å². The van der Waals surface area contributed by atoms with Gasteiger partial charge in [0.05, 0.1) is 7.11 Å². The molecule has 0 bridgehead atoms. The van der Waals surface area contributed by atoms with Crippen LogP contribution in [0.1, 0.15) is 12.0 Å². The molecule has 0 unspecified atom stereocenters. The Balaban J connectivity index is 2.74. The maximum Gasteiger partial charge on any atom is 0.126 e. The molecule has 0 fully saturated rings. The fourth-order valence-electron chi connectivity index (χ4n) is 1.09. The lowest BCUT2D eigenvalue weighted by atomic mass is 10.2. The van der Waals surface area contributed by atoms with Gasteiger partial charge in [0.15, 0.2) is 0 Å². The second-order valence-electron chi connectivity index (χ2n) is 2.66. The minimum absolute atomic E-state index is 0.186. The van der Waals surface area contributed by atoms with Crippen molar-refractivity contribution in [3.63, 3.8) is 0 Å². The molecular formula is C11H14O2. The standard InChI is InChI=1S/C11H14O2/c1-13-11-8-3-2-6-10(11)7-4-5-9-12/h2-4,6-8,12H,5,9H2,1H3. The number of rotatable bonds is 4. The molecule has 0 atom stereocenters. The van der Waals surface area contributed by atoms with E-state index in [1.165, 1.54) is 0 Å². The highest BCUT2D eigenvalue weighted by Crippen LogP contribution is 2.18. The first-order valence-electron chi connectivity index (χ1n) is 4.29. The Morgan fingerprint density at radius 1 is 1.38 bits per heavy atom. The van der Waals surface area contributed by atoms with E-state index in [4.69, 9.17) is 9.84 Å². The third-order valence-corrected chi connectivity index (χ3v) is 1.73. The largest absolute Gasteiger partial charge is 0.496 e. The second-order valence-corrected chi connectivity index (χ2v) is 2.66. The van der Waals surface area contributed by atoms with Crippen LogP contribution in [0.4, 0.5) is 0 Å². The average molecular weight is 178 g/mol. The zero-order chi connectivity index (χ0) is 9.52. The van der Waals surface area contributed by atoms with Crippen LogP contribution in [0.25, 0.3) is 6.08 Å². The van der Waals surface area contributed by atoms with Crippen molar-refractivity contribution in [2.24, 2.45) is 0 Å². The predicted octanol–water partition coefficient (Wildman–Crippen LogP) is 2.09. The zero-order valence-corrected chi connectivity index (χ0v) is 7.73. The van der Waals surface area contributed by atoms with Crippen LogP contribution >= 0.6 is 0 Å². The first-order chi connectivity index (χ1) is 6.38. The van der Waals surface area contributed by atoms with Gasteiger partial charge in [0.2, 0.25) is 0 Å². The Morgan fingerprint density at radius 3 is 2.85 bits per heavy atom.